The molecule has 0 saturated heterocycles. The van der Waals surface area contributed by atoms with Crippen molar-refractivity contribution in [3.63, 3.8) is 0 Å². The van der Waals surface area contributed by atoms with Crippen LogP contribution in [0.25, 0.3) is 16.7 Å². The van der Waals surface area contributed by atoms with Crippen LogP contribution < -0.4 is 10.9 Å². The summed E-state index contributed by atoms with van der Waals surface area (Å²) in [5.41, 5.74) is 5.48. The van der Waals surface area contributed by atoms with Crippen molar-refractivity contribution in [3.8, 4) is 5.69 Å². The zero-order valence-corrected chi connectivity index (χ0v) is 17.7. The summed E-state index contributed by atoms with van der Waals surface area (Å²) < 4.78 is 3.72. The number of fused-ring (bicyclic) bond motifs is 3. The van der Waals surface area contributed by atoms with E-state index in [1.165, 1.54) is 36.8 Å². The monoisotopic (exact) mass is 402 g/mol. The molecular weight excluding hydrogens is 372 g/mol. The van der Waals surface area contributed by atoms with Gasteiger partial charge in [-0.2, -0.15) is 5.10 Å². The lowest BCUT2D eigenvalue weighted by atomic mass is 9.91. The van der Waals surface area contributed by atoms with Gasteiger partial charge < -0.3 is 5.32 Å². The Morgan fingerprint density at radius 3 is 2.37 bits per heavy atom. The lowest BCUT2D eigenvalue weighted by Gasteiger charge is -2.20. The number of rotatable bonds is 6. The highest BCUT2D eigenvalue weighted by Gasteiger charge is 2.40. The minimum atomic E-state index is 0.134. The summed E-state index contributed by atoms with van der Waals surface area (Å²) in [5, 5.41) is 9.45. The van der Waals surface area contributed by atoms with E-state index in [0.29, 0.717) is 6.04 Å². The highest BCUT2D eigenvalue weighted by Crippen LogP contribution is 2.44. The predicted octanol–water partition coefficient (Wildman–Crippen LogP) is 3.88. The summed E-state index contributed by atoms with van der Waals surface area (Å²) in [5.74, 6) is 1.81. The van der Waals surface area contributed by atoms with Crippen molar-refractivity contribution in [2.45, 2.75) is 64.0 Å². The van der Waals surface area contributed by atoms with Crippen LogP contribution in [-0.2, 0) is 26.4 Å². The minimum absolute atomic E-state index is 0.134. The maximum Gasteiger partial charge on any atom is 0.260 e. The molecule has 3 aliphatic rings. The Labute approximate surface area is 177 Å². The molecule has 30 heavy (non-hydrogen) atoms. The van der Waals surface area contributed by atoms with Crippen LogP contribution in [-0.4, -0.2) is 20.4 Å². The molecule has 0 amide bonds. The molecule has 0 aliphatic heterocycles. The summed E-state index contributed by atoms with van der Waals surface area (Å²) in [6, 6.07) is 9.26. The van der Waals surface area contributed by atoms with Crippen molar-refractivity contribution < 1.29 is 0 Å². The van der Waals surface area contributed by atoms with Crippen molar-refractivity contribution in [3.05, 3.63) is 57.5 Å². The van der Waals surface area contributed by atoms with Crippen molar-refractivity contribution in [1.82, 2.24) is 19.7 Å². The van der Waals surface area contributed by atoms with E-state index in [-0.39, 0.29) is 5.56 Å². The summed E-state index contributed by atoms with van der Waals surface area (Å²) in [7, 11) is 1.93. The molecule has 1 N–H and O–H groups in total. The minimum Gasteiger partial charge on any atom is -0.309 e. The van der Waals surface area contributed by atoms with Crippen LogP contribution in [0.1, 0.15) is 55.2 Å². The Hall–Kier alpha value is -2.40. The number of pyridine rings is 1. The van der Waals surface area contributed by atoms with Gasteiger partial charge in [-0.1, -0.05) is 12.1 Å². The van der Waals surface area contributed by atoms with E-state index in [4.69, 9.17) is 0 Å². The van der Waals surface area contributed by atoms with Gasteiger partial charge in [0.25, 0.3) is 5.56 Å². The number of nitrogens with one attached hydrogen (secondary N) is 1. The fourth-order valence-electron chi connectivity index (χ4n) is 5.45. The summed E-state index contributed by atoms with van der Waals surface area (Å²) >= 11 is 0. The van der Waals surface area contributed by atoms with Crippen molar-refractivity contribution in [1.29, 1.82) is 0 Å². The Morgan fingerprint density at radius 2 is 1.70 bits per heavy atom. The summed E-state index contributed by atoms with van der Waals surface area (Å²) in [6.45, 7) is 0.915. The molecule has 5 heteroatoms. The number of benzene rings is 1. The smallest absolute Gasteiger partial charge is 0.260 e. The third-order valence-electron chi connectivity index (χ3n) is 7.37. The van der Waals surface area contributed by atoms with Gasteiger partial charge in [-0.05, 0) is 86.5 Å². The van der Waals surface area contributed by atoms with E-state index in [1.807, 2.05) is 22.5 Å². The molecule has 3 aliphatic carbocycles. The first-order valence-corrected chi connectivity index (χ1v) is 11.6. The zero-order valence-electron chi connectivity index (χ0n) is 17.7. The first-order chi connectivity index (χ1) is 14.7. The van der Waals surface area contributed by atoms with E-state index < -0.39 is 0 Å². The van der Waals surface area contributed by atoms with E-state index in [2.05, 4.69) is 34.7 Å². The summed E-state index contributed by atoms with van der Waals surface area (Å²) in [6.07, 6.45) is 11.6. The van der Waals surface area contributed by atoms with Gasteiger partial charge >= 0.3 is 0 Å². The van der Waals surface area contributed by atoms with Gasteiger partial charge in [-0.25, -0.2) is 0 Å². The second kappa shape index (κ2) is 7.09. The molecule has 0 atom stereocenters. The average molecular weight is 403 g/mol. The number of aromatic nitrogens is 3. The molecule has 1 aromatic carbocycles. The van der Waals surface area contributed by atoms with E-state index in [0.717, 1.165) is 66.3 Å². The molecule has 2 heterocycles. The second-order valence-corrected chi connectivity index (χ2v) is 9.56. The molecule has 0 spiro atoms. The van der Waals surface area contributed by atoms with Crippen molar-refractivity contribution >= 4 is 11.0 Å². The SMILES string of the molecule is Cn1ncc2c3c(c(=O)n(-c4ccc(CNC(C5CC5)C5CC5)cc4)c21)CCCC3. The molecule has 2 aromatic heterocycles. The van der Waals surface area contributed by atoms with Crippen LogP contribution in [0, 0.1) is 11.8 Å². The van der Waals surface area contributed by atoms with Crippen LogP contribution in [0.15, 0.2) is 35.3 Å². The highest BCUT2D eigenvalue weighted by molar-refractivity contribution is 5.82. The van der Waals surface area contributed by atoms with Crippen LogP contribution in [0.3, 0.4) is 0 Å². The number of hydrogen-bond acceptors (Lipinski definition) is 3. The first-order valence-electron chi connectivity index (χ1n) is 11.6. The third-order valence-corrected chi connectivity index (χ3v) is 7.37. The molecule has 2 fully saturated rings. The highest BCUT2D eigenvalue weighted by atomic mass is 16.1. The number of nitrogens with zero attached hydrogens (tertiary/aromatic N) is 3. The van der Waals surface area contributed by atoms with Crippen molar-refractivity contribution in [2.24, 2.45) is 18.9 Å². The normalized spacial score (nSPS) is 18.9. The average Bonchev–Trinajstić information content (AvgIpc) is 3.70. The van der Waals surface area contributed by atoms with Crippen molar-refractivity contribution in [2.75, 3.05) is 0 Å². The lowest BCUT2D eigenvalue weighted by Crippen LogP contribution is -2.32. The molecular formula is C25H30N4O. The zero-order chi connectivity index (χ0) is 20.2. The fraction of sp³-hybridized carbons (Fsp3) is 0.520. The van der Waals surface area contributed by atoms with Gasteiger partial charge in [-0.3, -0.25) is 14.0 Å². The quantitative estimate of drug-likeness (QED) is 0.681. The van der Waals surface area contributed by atoms with Gasteiger partial charge in [0.2, 0.25) is 0 Å². The second-order valence-electron chi connectivity index (χ2n) is 9.56. The molecule has 3 aromatic rings. The molecule has 156 valence electrons. The predicted molar refractivity (Wildman–Crippen MR) is 119 cm³/mol. The standard InChI is InChI=1S/C25H30N4O/c1-28-24-22(15-27-28)20-4-2-3-5-21(20)25(30)29(24)19-12-6-16(7-13-19)14-26-23(17-8-9-17)18-10-11-18/h6-7,12-13,15,17-18,23,26H,2-5,8-11,14H2,1H3. The van der Waals surface area contributed by atoms with Gasteiger partial charge in [0, 0.05) is 30.6 Å². The molecule has 0 radical (unpaired) electrons. The van der Waals surface area contributed by atoms with E-state index >= 15 is 0 Å². The Morgan fingerprint density at radius 1 is 1.03 bits per heavy atom. The van der Waals surface area contributed by atoms with Crippen LogP contribution >= 0.6 is 0 Å². The molecule has 6 rings (SSSR count). The number of hydrogen-bond donors (Lipinski definition) is 1. The third kappa shape index (κ3) is 3.11. The molecule has 5 nitrogen and oxygen atoms in total. The maximum absolute atomic E-state index is 13.5. The lowest BCUT2D eigenvalue weighted by molar-refractivity contribution is 0.416. The van der Waals surface area contributed by atoms with E-state index in [9.17, 15) is 4.79 Å². The Bertz CT molecular complexity index is 1140. The van der Waals surface area contributed by atoms with Gasteiger partial charge in [-0.15, -0.1) is 0 Å². The van der Waals surface area contributed by atoms with Gasteiger partial charge in [0.1, 0.15) is 5.65 Å². The number of aryl methyl sites for hydroxylation is 2. The Kier molecular flexibility index (Phi) is 4.34. The van der Waals surface area contributed by atoms with Gasteiger partial charge in [0.15, 0.2) is 0 Å². The van der Waals surface area contributed by atoms with Crippen LogP contribution in [0.5, 0.6) is 0 Å². The Balaban J connectivity index is 1.33. The van der Waals surface area contributed by atoms with Gasteiger partial charge in [0.05, 0.1) is 11.9 Å². The van der Waals surface area contributed by atoms with E-state index in [1.54, 1.807) is 0 Å². The fourth-order valence-corrected chi connectivity index (χ4v) is 5.45. The maximum atomic E-state index is 13.5. The molecule has 2 saturated carbocycles. The largest absolute Gasteiger partial charge is 0.309 e. The van der Waals surface area contributed by atoms with Crippen LogP contribution in [0.2, 0.25) is 0 Å². The van der Waals surface area contributed by atoms with Crippen LogP contribution in [0.4, 0.5) is 0 Å². The first kappa shape index (κ1) is 18.4. The topological polar surface area (TPSA) is 51.9 Å². The molecule has 0 unspecified atom stereocenters. The molecule has 0 bridgehead atoms. The summed E-state index contributed by atoms with van der Waals surface area (Å²) in [4.78, 5) is 13.5.